The van der Waals surface area contributed by atoms with Crippen molar-refractivity contribution in [3.05, 3.63) is 54.0 Å². The second-order valence-corrected chi connectivity index (χ2v) is 4.74. The summed E-state index contributed by atoms with van der Waals surface area (Å²) in [4.78, 5) is 25.1. The number of amides is 2. The van der Waals surface area contributed by atoms with Crippen molar-refractivity contribution < 1.29 is 14.0 Å². The minimum atomic E-state index is -0.284. The van der Waals surface area contributed by atoms with E-state index in [1.807, 2.05) is 31.2 Å². The molecule has 5 heteroatoms. The number of furan rings is 1. The molecule has 1 heterocycles. The highest BCUT2D eigenvalue weighted by Crippen LogP contribution is 2.15. The summed E-state index contributed by atoms with van der Waals surface area (Å²) in [6.45, 7) is 4.25. The number of rotatable bonds is 5. The lowest BCUT2D eigenvalue weighted by Gasteiger charge is -2.21. The van der Waals surface area contributed by atoms with Crippen LogP contribution in [0.5, 0.6) is 0 Å². The molecule has 0 aliphatic rings. The number of carbonyl (C=O) groups is 2. The topological polar surface area (TPSA) is 62.6 Å². The third-order valence-electron chi connectivity index (χ3n) is 3.06. The van der Waals surface area contributed by atoms with Crippen molar-refractivity contribution in [3.63, 3.8) is 0 Å². The molecule has 0 atom stereocenters. The smallest absolute Gasteiger partial charge is 0.287 e. The van der Waals surface area contributed by atoms with Crippen LogP contribution in [-0.4, -0.2) is 24.9 Å². The summed E-state index contributed by atoms with van der Waals surface area (Å²) in [6.07, 6.45) is 1.45. The minimum Gasteiger partial charge on any atom is -0.459 e. The first-order chi connectivity index (χ1) is 10.1. The van der Waals surface area contributed by atoms with E-state index in [-0.39, 0.29) is 17.6 Å². The summed E-state index contributed by atoms with van der Waals surface area (Å²) < 4.78 is 5.01. The number of hydrogen-bond donors (Lipinski definition) is 1. The Hall–Kier alpha value is -2.56. The van der Waals surface area contributed by atoms with Crippen LogP contribution in [0.4, 0.5) is 5.69 Å². The molecule has 0 unspecified atom stereocenters. The minimum absolute atomic E-state index is 0.0622. The molecule has 0 radical (unpaired) electrons. The monoisotopic (exact) mass is 286 g/mol. The Morgan fingerprint density at radius 2 is 2.05 bits per heavy atom. The number of anilines is 1. The zero-order chi connectivity index (χ0) is 15.2. The van der Waals surface area contributed by atoms with Crippen molar-refractivity contribution in [2.45, 2.75) is 13.8 Å². The molecular weight excluding hydrogens is 268 g/mol. The molecule has 0 saturated heterocycles. The van der Waals surface area contributed by atoms with Crippen LogP contribution in [0.3, 0.4) is 0 Å². The van der Waals surface area contributed by atoms with E-state index in [4.69, 9.17) is 4.42 Å². The Morgan fingerprint density at radius 1 is 1.24 bits per heavy atom. The number of nitrogens with one attached hydrogen (secondary N) is 1. The van der Waals surface area contributed by atoms with Gasteiger partial charge in [0.2, 0.25) is 5.91 Å². The largest absolute Gasteiger partial charge is 0.459 e. The number of carbonyl (C=O) groups excluding carboxylic acids is 2. The van der Waals surface area contributed by atoms with Gasteiger partial charge in [-0.1, -0.05) is 12.1 Å². The van der Waals surface area contributed by atoms with E-state index < -0.39 is 0 Å². The van der Waals surface area contributed by atoms with Crippen molar-refractivity contribution in [1.29, 1.82) is 0 Å². The molecule has 0 aliphatic carbocycles. The first kappa shape index (κ1) is 14.8. The fourth-order valence-electron chi connectivity index (χ4n) is 2.04. The maximum Gasteiger partial charge on any atom is 0.287 e. The molecule has 0 aliphatic heterocycles. The van der Waals surface area contributed by atoms with Gasteiger partial charge in [-0.3, -0.25) is 9.59 Å². The molecule has 1 aromatic heterocycles. The van der Waals surface area contributed by atoms with Gasteiger partial charge in [0.05, 0.1) is 6.26 Å². The predicted octanol–water partition coefficient (Wildman–Crippen LogP) is 2.37. The number of nitrogens with zero attached hydrogens (tertiary/aromatic N) is 1. The van der Waals surface area contributed by atoms with Gasteiger partial charge in [0.1, 0.15) is 0 Å². The Balaban J connectivity index is 1.95. The first-order valence-electron chi connectivity index (χ1n) is 6.74. The third-order valence-corrected chi connectivity index (χ3v) is 3.06. The van der Waals surface area contributed by atoms with Gasteiger partial charge in [-0.25, -0.2) is 0 Å². The molecule has 0 fully saturated rings. The average Bonchev–Trinajstić information content (AvgIpc) is 2.97. The van der Waals surface area contributed by atoms with Crippen molar-refractivity contribution in [1.82, 2.24) is 5.32 Å². The van der Waals surface area contributed by atoms with E-state index in [1.165, 1.54) is 13.2 Å². The fraction of sp³-hybridized carbons (Fsp3) is 0.250. The highest BCUT2D eigenvalue weighted by molar-refractivity contribution is 5.92. The quantitative estimate of drug-likeness (QED) is 0.918. The molecular formula is C16H18N2O3. The molecule has 0 spiro atoms. The molecule has 2 aromatic rings. The van der Waals surface area contributed by atoms with E-state index in [0.29, 0.717) is 13.1 Å². The van der Waals surface area contributed by atoms with Crippen molar-refractivity contribution >= 4 is 17.5 Å². The van der Waals surface area contributed by atoms with Crippen LogP contribution in [0.15, 0.2) is 47.1 Å². The molecule has 21 heavy (non-hydrogen) atoms. The lowest BCUT2D eigenvalue weighted by molar-refractivity contribution is -0.116. The standard InChI is InChI=1S/C16H18N2O3/c1-12-5-3-6-14(11-12)18(13(2)19)9-8-17-16(20)15-7-4-10-21-15/h3-7,10-11H,8-9H2,1-2H3,(H,17,20). The molecule has 2 amide bonds. The lowest BCUT2D eigenvalue weighted by atomic mass is 10.2. The van der Waals surface area contributed by atoms with Crippen molar-refractivity contribution in [2.24, 2.45) is 0 Å². The first-order valence-corrected chi connectivity index (χ1v) is 6.74. The second kappa shape index (κ2) is 6.74. The fourth-order valence-corrected chi connectivity index (χ4v) is 2.04. The van der Waals surface area contributed by atoms with Crippen LogP contribution in [0.2, 0.25) is 0 Å². The maximum absolute atomic E-state index is 11.8. The van der Waals surface area contributed by atoms with Crippen molar-refractivity contribution in [2.75, 3.05) is 18.0 Å². The van der Waals surface area contributed by atoms with Gasteiger partial charge in [0.25, 0.3) is 5.91 Å². The van der Waals surface area contributed by atoms with Crippen LogP contribution >= 0.6 is 0 Å². The van der Waals surface area contributed by atoms with Gasteiger partial charge < -0.3 is 14.6 Å². The zero-order valence-corrected chi connectivity index (χ0v) is 12.1. The van der Waals surface area contributed by atoms with E-state index in [9.17, 15) is 9.59 Å². The molecule has 2 rings (SSSR count). The third kappa shape index (κ3) is 3.95. The second-order valence-electron chi connectivity index (χ2n) is 4.74. The maximum atomic E-state index is 11.8. The zero-order valence-electron chi connectivity index (χ0n) is 12.1. The highest BCUT2D eigenvalue weighted by atomic mass is 16.3. The van der Waals surface area contributed by atoms with Gasteiger partial charge in [-0.2, -0.15) is 0 Å². The normalized spacial score (nSPS) is 10.2. The molecule has 0 saturated carbocycles. The number of hydrogen-bond acceptors (Lipinski definition) is 3. The van der Waals surface area contributed by atoms with E-state index in [2.05, 4.69) is 5.32 Å². The summed E-state index contributed by atoms with van der Waals surface area (Å²) in [6, 6.07) is 10.9. The highest BCUT2D eigenvalue weighted by Gasteiger charge is 2.13. The summed E-state index contributed by atoms with van der Waals surface area (Å²) in [7, 11) is 0. The number of aryl methyl sites for hydroxylation is 1. The van der Waals surface area contributed by atoms with Gasteiger partial charge >= 0.3 is 0 Å². The van der Waals surface area contributed by atoms with Crippen LogP contribution in [0.1, 0.15) is 23.0 Å². The SMILES string of the molecule is CC(=O)N(CCNC(=O)c1ccco1)c1cccc(C)c1. The Morgan fingerprint density at radius 3 is 2.67 bits per heavy atom. The summed E-state index contributed by atoms with van der Waals surface area (Å²) >= 11 is 0. The summed E-state index contributed by atoms with van der Waals surface area (Å²) in [5.41, 5.74) is 1.91. The summed E-state index contributed by atoms with van der Waals surface area (Å²) in [5, 5.41) is 2.73. The van der Waals surface area contributed by atoms with Crippen LogP contribution < -0.4 is 10.2 Å². The van der Waals surface area contributed by atoms with Gasteiger partial charge in [-0.15, -0.1) is 0 Å². The van der Waals surface area contributed by atoms with E-state index >= 15 is 0 Å². The predicted molar refractivity (Wildman–Crippen MR) is 80.2 cm³/mol. The molecule has 110 valence electrons. The van der Waals surface area contributed by atoms with E-state index in [1.54, 1.807) is 17.0 Å². The lowest BCUT2D eigenvalue weighted by Crippen LogP contribution is -2.37. The summed E-state index contributed by atoms with van der Waals surface area (Å²) in [5.74, 6) is -0.0828. The van der Waals surface area contributed by atoms with Crippen LogP contribution in [0.25, 0.3) is 0 Å². The number of benzene rings is 1. The Kier molecular flexibility index (Phi) is 4.77. The van der Waals surface area contributed by atoms with Crippen LogP contribution in [0, 0.1) is 6.92 Å². The Bertz CT molecular complexity index is 620. The van der Waals surface area contributed by atoms with Gasteiger partial charge in [0.15, 0.2) is 5.76 Å². The van der Waals surface area contributed by atoms with Crippen LogP contribution in [-0.2, 0) is 4.79 Å². The average molecular weight is 286 g/mol. The van der Waals surface area contributed by atoms with Crippen molar-refractivity contribution in [3.8, 4) is 0 Å². The molecule has 1 aromatic carbocycles. The van der Waals surface area contributed by atoms with Gasteiger partial charge in [0, 0.05) is 25.7 Å². The van der Waals surface area contributed by atoms with E-state index in [0.717, 1.165) is 11.3 Å². The molecule has 5 nitrogen and oxygen atoms in total. The molecule has 1 N–H and O–H groups in total. The van der Waals surface area contributed by atoms with Gasteiger partial charge in [-0.05, 0) is 36.8 Å². The molecule has 0 bridgehead atoms. The Labute approximate surface area is 123 Å².